The van der Waals surface area contributed by atoms with Gasteiger partial charge in [-0.15, -0.1) is 30.6 Å². The monoisotopic (exact) mass is 2040 g/mol. The second-order valence-electron chi connectivity index (χ2n) is 46.3. The van der Waals surface area contributed by atoms with Gasteiger partial charge in [0.15, 0.2) is 11.6 Å². The molecule has 143 heavy (non-hydrogen) atoms. The predicted molar refractivity (Wildman–Crippen MR) is 536 cm³/mol. The summed E-state index contributed by atoms with van der Waals surface area (Å²) in [4.78, 5) is 3.28. The summed E-state index contributed by atoms with van der Waals surface area (Å²) in [6.45, 7) is 31.6. The molecule has 8 aliphatic carbocycles. The fourth-order valence-corrected chi connectivity index (χ4v) is 26.5. The molecule has 20 nitrogen and oxygen atoms in total. The molecule has 8 saturated carbocycles. The lowest BCUT2D eigenvalue weighted by atomic mass is 9.60. The van der Waals surface area contributed by atoms with Crippen molar-refractivity contribution in [1.82, 2.24) is 80.8 Å². The lowest BCUT2D eigenvalue weighted by Gasteiger charge is -2.44. The first-order valence-electron chi connectivity index (χ1n) is 51.9. The Bertz CT molecular complexity index is 5650. The van der Waals surface area contributed by atoms with Gasteiger partial charge in [0.2, 0.25) is 11.6 Å². The molecular weight excluding hydrogens is 1890 g/mol. The summed E-state index contributed by atoms with van der Waals surface area (Å²) in [7, 11) is 0. The van der Waals surface area contributed by atoms with E-state index in [9.17, 15) is 68.7 Å². The van der Waals surface area contributed by atoms with E-state index in [0.29, 0.717) is 138 Å². The molecule has 0 aliphatic heterocycles. The Morgan fingerprint density at radius 3 is 0.951 bits per heavy atom. The van der Waals surface area contributed by atoms with Gasteiger partial charge in [-0.2, -0.15) is 22.8 Å². The number of fused-ring (bicyclic) bond motifs is 4. The van der Waals surface area contributed by atoms with Crippen LogP contribution in [0, 0.1) is 99.6 Å². The molecule has 0 spiro atoms. The molecular formula is C110H151Cl2F11N16O4. The Morgan fingerprint density at radius 1 is 0.371 bits per heavy atom. The molecule has 33 heteroatoms. The van der Waals surface area contributed by atoms with E-state index in [1.807, 2.05) is 78.3 Å². The van der Waals surface area contributed by atoms with Crippen LogP contribution in [0.2, 0.25) is 10.0 Å². The maximum absolute atomic E-state index is 14.4. The number of aliphatic hydroxyl groups is 4. The predicted octanol–water partition coefficient (Wildman–Crippen LogP) is 27.9. The van der Waals surface area contributed by atoms with Crippen molar-refractivity contribution in [2.45, 2.75) is 376 Å². The number of hydrogen-bond acceptors (Lipinski definition) is 16. The Hall–Kier alpha value is -8.23. The molecule has 4 aromatic heterocycles. The number of hydrogen-bond donors (Lipinski definition) is 4. The van der Waals surface area contributed by atoms with Crippen molar-refractivity contribution in [3.63, 3.8) is 0 Å². The number of aryl methyl sites for hydroxylation is 1. The van der Waals surface area contributed by atoms with Crippen LogP contribution < -0.4 is 0 Å². The first-order valence-corrected chi connectivity index (χ1v) is 52.6. The van der Waals surface area contributed by atoms with Gasteiger partial charge in [-0.05, 0) is 407 Å². The fraction of sp³-hybridized carbons (Fsp3) is 0.673. The second-order valence-corrected chi connectivity index (χ2v) is 47.2. The van der Waals surface area contributed by atoms with Gasteiger partial charge in [0, 0.05) is 58.0 Å². The van der Waals surface area contributed by atoms with E-state index >= 15 is 0 Å². The Labute approximate surface area is 847 Å². The number of aromatic nitrogens is 16. The molecule has 16 rings (SSSR count). The minimum Gasteiger partial charge on any atom is -0.384 e. The molecule has 0 unspecified atom stereocenters. The molecule has 0 saturated heterocycles. The van der Waals surface area contributed by atoms with E-state index in [-0.39, 0.29) is 71.0 Å². The van der Waals surface area contributed by atoms with Crippen molar-refractivity contribution in [3.8, 4) is 45.6 Å². The molecule has 8 aliphatic rings. The summed E-state index contributed by atoms with van der Waals surface area (Å²) < 4.78 is 157. The molecule has 16 atom stereocenters. The molecule has 4 N–H and O–H groups in total. The smallest absolute Gasteiger partial charge is 0.384 e. The van der Waals surface area contributed by atoms with Crippen LogP contribution in [0.4, 0.5) is 48.3 Å². The van der Waals surface area contributed by atoms with Gasteiger partial charge < -0.3 is 20.4 Å². The van der Waals surface area contributed by atoms with E-state index in [1.165, 1.54) is 76.0 Å². The summed E-state index contributed by atoms with van der Waals surface area (Å²) in [5.74, 6) is -5.99. The van der Waals surface area contributed by atoms with E-state index in [2.05, 4.69) is 148 Å². The van der Waals surface area contributed by atoms with Gasteiger partial charge in [0.05, 0.1) is 31.7 Å². The van der Waals surface area contributed by atoms with Crippen LogP contribution in [0.1, 0.15) is 302 Å². The highest BCUT2D eigenvalue weighted by Crippen LogP contribution is 2.65. The van der Waals surface area contributed by atoms with Crippen molar-refractivity contribution in [2.75, 3.05) is 0 Å². The second kappa shape index (κ2) is 44.7. The number of benzene rings is 4. The maximum Gasteiger partial charge on any atom is 0.416 e. The molecule has 0 bridgehead atoms. The topological polar surface area (TPSA) is 255 Å². The van der Waals surface area contributed by atoms with Gasteiger partial charge in [-0.1, -0.05) is 161 Å². The van der Waals surface area contributed by atoms with Crippen molar-refractivity contribution in [2.24, 2.45) is 92.7 Å². The van der Waals surface area contributed by atoms with Crippen LogP contribution >= 0.6 is 23.2 Å². The van der Waals surface area contributed by atoms with E-state index in [1.54, 1.807) is 14.3 Å². The summed E-state index contributed by atoms with van der Waals surface area (Å²) in [5.41, 5.74) is 1.79. The van der Waals surface area contributed by atoms with E-state index in [4.69, 9.17) is 23.2 Å². The van der Waals surface area contributed by atoms with Crippen molar-refractivity contribution < 1.29 is 68.7 Å². The average Bonchev–Trinajstić information content (AvgIpc) is 1.62. The highest BCUT2D eigenvalue weighted by molar-refractivity contribution is 6.31. The zero-order valence-electron chi connectivity index (χ0n) is 86.5. The highest BCUT2D eigenvalue weighted by Gasteiger charge is 2.58. The Balaban J connectivity index is 0.000000160. The lowest BCUT2D eigenvalue weighted by Crippen LogP contribution is -2.43. The van der Waals surface area contributed by atoms with Crippen LogP contribution in [0.15, 0.2) is 144 Å². The third-order valence-electron chi connectivity index (χ3n) is 35.1. The normalized spacial score (nSPS) is 27.1. The number of rotatable bonds is 32. The van der Waals surface area contributed by atoms with E-state index < -0.39 is 57.8 Å². The van der Waals surface area contributed by atoms with Crippen LogP contribution in [-0.4, -0.2) is 147 Å². The summed E-state index contributed by atoms with van der Waals surface area (Å²) >= 11 is 12.0. The quantitative estimate of drug-likeness (QED) is 0.0226. The maximum atomic E-state index is 14.4. The van der Waals surface area contributed by atoms with Gasteiger partial charge >= 0.3 is 6.18 Å². The zero-order valence-corrected chi connectivity index (χ0v) is 88.0. The molecule has 8 aromatic rings. The minimum absolute atomic E-state index is 0.0182. The first-order chi connectivity index (χ1) is 66.9. The van der Waals surface area contributed by atoms with Crippen LogP contribution in [-0.2, 0) is 32.4 Å². The summed E-state index contributed by atoms with van der Waals surface area (Å²) in [6, 6.07) is 27.8. The van der Waals surface area contributed by atoms with Gasteiger partial charge in [-0.3, -0.25) is 0 Å². The number of allylic oxidation sites excluding steroid dienone is 8. The standard InChI is InChI=1S/C28H37F5N4O.C28H40F2N4O.2C27H37ClF2N4O/c1-18(13-16-27(29,30)25(2,3)38)22-11-12-23-19(6-5-15-26(22,23)4)14-17-37-24(34-35-36-37)20-7-9-21(10-8-20)28(31,32)33;1-19-8-6-9-22(18-19)25-31-33-34(32-25)17-14-21-10-7-15-27(5)23(11-12-24(21)27)20(2)13-16-28(29,30)26(3,4)35;1-18(13-16-27(29,30)25(2,3)35)22-11-12-23-19(6-5-15-26(22,23)4)14-17-34-24(31-32-33-34)20-7-9-21(28)10-8-20;1-18(13-16-27(29,30)25(2,3)35)22-11-12-23-19(6-5-15-26(22,23)4)14-17-34-32-24(31-33-34)20-7-9-21(28)10-8-20/h7-10,14,18,22-23,38H,5-6,11-13,15-17H2,1-4H3;6,8-9,14,18,20,23-24,35H,7,10-13,15-17H2,1-5H3;2*7-10,14,18,22-23,35H,5-6,11-13,15-17H2,1-4H3/b19-14+;21-14+;2*19-14+/t18-,22-,23+,26-;20-,23-,24+,27-;2*18-,22-,23+,26-/m1111/s1. The van der Waals surface area contributed by atoms with Gasteiger partial charge in [0.25, 0.3) is 23.7 Å². The summed E-state index contributed by atoms with van der Waals surface area (Å²) in [5, 5.41) is 90.9. The lowest BCUT2D eigenvalue weighted by molar-refractivity contribution is -0.168. The molecule has 8 fully saturated rings. The highest BCUT2D eigenvalue weighted by atomic mass is 35.5. The molecule has 786 valence electrons. The molecule has 4 aromatic carbocycles. The number of halogens is 13. The fourth-order valence-electron chi connectivity index (χ4n) is 26.2. The number of alkyl halides is 11. The Morgan fingerprint density at radius 2 is 0.657 bits per heavy atom. The largest absolute Gasteiger partial charge is 0.416 e. The first kappa shape index (κ1) is 112. The van der Waals surface area contributed by atoms with Crippen molar-refractivity contribution >= 4 is 23.2 Å². The minimum atomic E-state index is -4.41. The van der Waals surface area contributed by atoms with Crippen LogP contribution in [0.5, 0.6) is 0 Å². The van der Waals surface area contributed by atoms with Gasteiger partial charge in [-0.25, -0.2) is 44.5 Å². The SMILES string of the molecule is C[C@H](CCC(F)(F)C(C)(C)O)[C@H]1CC[C@H]2/C(=C/Cn3nnc(-c4ccc(Cl)cc4)n3)CCC[C@]12C.C[C@H](CCC(F)(F)C(C)(C)O)[C@H]1CC[C@H]2/C(=C/Cn3nnnc3-c3ccc(C(F)(F)F)cc3)CCC[C@]12C.C[C@H](CCC(F)(F)C(C)(C)O)[C@H]1CC[C@H]2/C(=C/Cn3nnnc3-c3ccc(Cl)cc3)CCC[C@]12C.Cc1cccc(-c2nnn(C/C=C3\CCC[C@]4(C)[C@@H]([C@H](C)CCC(F)(F)C(C)(C)O)CC[C@@H]34)n2)c1. The Kier molecular flexibility index (Phi) is 35.0. The van der Waals surface area contributed by atoms with Gasteiger partial charge in [0.1, 0.15) is 22.4 Å². The molecule has 0 amide bonds. The summed E-state index contributed by atoms with van der Waals surface area (Å²) in [6.07, 6.45) is 26.6. The van der Waals surface area contributed by atoms with Crippen LogP contribution in [0.25, 0.3) is 45.6 Å². The molecule has 0 radical (unpaired) electrons. The molecule has 4 heterocycles. The van der Waals surface area contributed by atoms with Crippen LogP contribution in [0.3, 0.4) is 0 Å². The third-order valence-corrected chi connectivity index (χ3v) is 35.6. The van der Waals surface area contributed by atoms with E-state index in [0.717, 1.165) is 177 Å². The zero-order chi connectivity index (χ0) is 104. The van der Waals surface area contributed by atoms with Crippen molar-refractivity contribution in [1.29, 1.82) is 0 Å². The van der Waals surface area contributed by atoms with Crippen molar-refractivity contribution in [3.05, 3.63) is 165 Å². The number of tetrazole rings is 4. The third kappa shape index (κ3) is 25.8. The average molecular weight is 2040 g/mol. The number of nitrogens with zero attached hydrogens (tertiary/aromatic N) is 16.